The molecule has 7 nitrogen and oxygen atoms in total. The van der Waals surface area contributed by atoms with Gasteiger partial charge >= 0.3 is 6.18 Å². The number of nitrogens with zero attached hydrogens (tertiary/aromatic N) is 3. The van der Waals surface area contributed by atoms with E-state index in [2.05, 4.69) is 15.3 Å². The molecular weight excluding hydrogens is 466 g/mol. The number of anilines is 2. The van der Waals surface area contributed by atoms with Crippen LogP contribution in [0.25, 0.3) is 16.8 Å². The maximum absolute atomic E-state index is 13.7. The first kappa shape index (κ1) is 20.4. The summed E-state index contributed by atoms with van der Waals surface area (Å²) in [6, 6.07) is 5.85. The zero-order chi connectivity index (χ0) is 28.2. The minimum atomic E-state index is -4.87. The highest BCUT2D eigenvalue weighted by molar-refractivity contribution is 5.95. The summed E-state index contributed by atoms with van der Waals surface area (Å²) < 4.78 is 77.7. The van der Waals surface area contributed by atoms with Gasteiger partial charge in [-0.15, -0.1) is 0 Å². The molecule has 4 aromatic rings. The lowest BCUT2D eigenvalue weighted by Crippen LogP contribution is -2.21. The molecule has 1 amide bonds. The van der Waals surface area contributed by atoms with E-state index in [9.17, 15) is 27.5 Å². The van der Waals surface area contributed by atoms with Crippen LogP contribution in [0.15, 0.2) is 42.6 Å². The summed E-state index contributed by atoms with van der Waals surface area (Å²) in [5, 5.41) is 12.7. The van der Waals surface area contributed by atoms with E-state index < -0.39 is 42.0 Å². The minimum absolute atomic E-state index is 0.0572. The second-order valence-electron chi connectivity index (χ2n) is 7.95. The molecule has 4 N–H and O–H groups in total. The number of benzene rings is 2. The number of hydrogen-bond donors (Lipinski definition) is 3. The van der Waals surface area contributed by atoms with Crippen molar-refractivity contribution in [1.82, 2.24) is 14.4 Å². The first-order valence-electron chi connectivity index (χ1n) is 11.7. The number of aromatic nitrogens is 3. The minimum Gasteiger partial charge on any atom is -0.382 e. The Morgan fingerprint density at radius 1 is 1.23 bits per heavy atom. The summed E-state index contributed by atoms with van der Waals surface area (Å²) in [5.41, 5.74) is 6.38. The monoisotopic (exact) mass is 490 g/mol. The van der Waals surface area contributed by atoms with Crippen LogP contribution in [-0.4, -0.2) is 25.4 Å². The van der Waals surface area contributed by atoms with Crippen molar-refractivity contribution >= 4 is 22.9 Å². The molecule has 0 radical (unpaired) electrons. The smallest absolute Gasteiger partial charge is 0.382 e. The molecule has 0 unspecified atom stereocenters. The first-order valence-corrected chi connectivity index (χ1v) is 10.2. The quantitative estimate of drug-likeness (QED) is 0.359. The van der Waals surface area contributed by atoms with Crippen molar-refractivity contribution in [3.05, 3.63) is 76.6 Å². The van der Waals surface area contributed by atoms with Gasteiger partial charge in [0.15, 0.2) is 6.10 Å². The lowest BCUT2D eigenvalue weighted by molar-refractivity contribution is -0.138. The summed E-state index contributed by atoms with van der Waals surface area (Å²) in [4.78, 5) is 21.0. The van der Waals surface area contributed by atoms with Crippen LogP contribution in [0.4, 0.5) is 29.1 Å². The van der Waals surface area contributed by atoms with E-state index in [-0.39, 0.29) is 34.6 Å². The summed E-state index contributed by atoms with van der Waals surface area (Å²) in [7, 11) is 0. The Morgan fingerprint density at radius 2 is 1.97 bits per heavy atom. The molecule has 0 aliphatic carbocycles. The molecule has 1 atom stereocenters. The summed E-state index contributed by atoms with van der Waals surface area (Å²) in [6.45, 7) is 0.761. The van der Waals surface area contributed by atoms with Crippen molar-refractivity contribution in [1.29, 1.82) is 0 Å². The number of aryl methyl sites for hydroxylation is 3. The van der Waals surface area contributed by atoms with Gasteiger partial charge in [-0.25, -0.2) is 14.4 Å². The molecule has 0 saturated heterocycles. The van der Waals surface area contributed by atoms with Crippen molar-refractivity contribution in [2.24, 2.45) is 0 Å². The van der Waals surface area contributed by atoms with Crippen molar-refractivity contribution in [2.75, 3.05) is 11.1 Å². The third kappa shape index (κ3) is 4.54. The molecular formula is C24H21F4N5O2. The van der Waals surface area contributed by atoms with Gasteiger partial charge in [0, 0.05) is 27.3 Å². The van der Waals surface area contributed by atoms with E-state index in [1.54, 1.807) is 13.8 Å². The maximum Gasteiger partial charge on any atom is 0.416 e. The Labute approximate surface area is 201 Å². The summed E-state index contributed by atoms with van der Waals surface area (Å²) in [6.07, 6.45) is -5.52. The number of imidazole rings is 1. The van der Waals surface area contributed by atoms with E-state index in [4.69, 9.17) is 9.85 Å². The predicted molar refractivity (Wildman–Crippen MR) is 122 cm³/mol. The van der Waals surface area contributed by atoms with Gasteiger partial charge in [-0.05, 0) is 62.2 Å². The number of aliphatic hydroxyl groups is 1. The predicted octanol–water partition coefficient (Wildman–Crippen LogP) is 4.73. The topological polar surface area (TPSA) is 106 Å². The number of alkyl halides is 3. The van der Waals surface area contributed by atoms with Crippen LogP contribution in [0.2, 0.25) is 0 Å². The number of fused-ring (bicyclic) bond motifs is 1. The second kappa shape index (κ2) is 8.66. The molecule has 0 saturated carbocycles. The van der Waals surface area contributed by atoms with E-state index in [1.807, 2.05) is 0 Å². The molecule has 2 aromatic carbocycles. The standard InChI is InChI=1S/C24H21F4N5O2/c1-11-6-17(32-23(35)21(34)14-7-15(24(26,27)28)9-16(25)8-14)4-5-18(11)19-20-22(29)30-10-12(2)33(20)13(3)31-19/h4-10,21,34H,1-3H3,(H2,29,30)(H,32,35)/t21-/m0/s1/i3D3. The first-order chi connectivity index (χ1) is 17.6. The van der Waals surface area contributed by atoms with Gasteiger partial charge in [0.05, 0.1) is 5.56 Å². The molecule has 182 valence electrons. The van der Waals surface area contributed by atoms with Crippen LogP contribution in [0.3, 0.4) is 0 Å². The third-order valence-electron chi connectivity index (χ3n) is 5.42. The Bertz CT molecular complexity index is 1570. The highest BCUT2D eigenvalue weighted by atomic mass is 19.4. The van der Waals surface area contributed by atoms with E-state index in [0.717, 1.165) is 0 Å². The molecule has 0 spiro atoms. The largest absolute Gasteiger partial charge is 0.416 e. The lowest BCUT2D eigenvalue weighted by atomic mass is 10.0. The summed E-state index contributed by atoms with van der Waals surface area (Å²) >= 11 is 0. The third-order valence-corrected chi connectivity index (χ3v) is 5.42. The molecule has 0 aliphatic heterocycles. The number of hydrogen-bond acceptors (Lipinski definition) is 5. The lowest BCUT2D eigenvalue weighted by Gasteiger charge is -2.15. The number of rotatable bonds is 4. The van der Waals surface area contributed by atoms with Crippen molar-refractivity contribution in [2.45, 2.75) is 33.0 Å². The summed E-state index contributed by atoms with van der Waals surface area (Å²) in [5.74, 6) is -2.49. The molecule has 2 aromatic heterocycles. The average Bonchev–Trinajstić information content (AvgIpc) is 3.22. The zero-order valence-electron chi connectivity index (χ0n) is 21.4. The van der Waals surface area contributed by atoms with Crippen LogP contribution in [0.1, 0.15) is 38.4 Å². The van der Waals surface area contributed by atoms with Crippen LogP contribution in [0, 0.1) is 26.5 Å². The van der Waals surface area contributed by atoms with Gasteiger partial charge in [-0.3, -0.25) is 9.20 Å². The Hall–Kier alpha value is -3.99. The van der Waals surface area contributed by atoms with Gasteiger partial charge in [-0.1, -0.05) is 6.07 Å². The number of nitrogen functional groups attached to an aromatic ring is 1. The van der Waals surface area contributed by atoms with E-state index in [1.165, 1.54) is 28.8 Å². The number of carbonyl (C=O) groups is 1. The second-order valence-corrected chi connectivity index (χ2v) is 7.95. The molecule has 4 rings (SSSR count). The maximum atomic E-state index is 13.7. The van der Waals surface area contributed by atoms with Crippen molar-refractivity contribution in [3.8, 4) is 11.3 Å². The zero-order valence-corrected chi connectivity index (χ0v) is 18.4. The normalized spacial score (nSPS) is 14.3. The van der Waals surface area contributed by atoms with Gasteiger partial charge in [0.25, 0.3) is 5.91 Å². The number of aliphatic hydroxyl groups excluding tert-OH is 1. The fourth-order valence-corrected chi connectivity index (χ4v) is 3.77. The van der Waals surface area contributed by atoms with E-state index in [0.29, 0.717) is 29.0 Å². The van der Waals surface area contributed by atoms with Gasteiger partial charge in [-0.2, -0.15) is 13.2 Å². The Morgan fingerprint density at radius 3 is 2.63 bits per heavy atom. The molecule has 0 aliphatic rings. The number of halogens is 4. The fraction of sp³-hybridized carbons (Fsp3) is 0.208. The van der Waals surface area contributed by atoms with Gasteiger partial charge in [0.2, 0.25) is 0 Å². The van der Waals surface area contributed by atoms with E-state index >= 15 is 0 Å². The average molecular weight is 490 g/mol. The number of amides is 1. The van der Waals surface area contributed by atoms with Crippen LogP contribution in [-0.2, 0) is 11.0 Å². The fourth-order valence-electron chi connectivity index (χ4n) is 3.77. The van der Waals surface area contributed by atoms with Gasteiger partial charge in [0.1, 0.15) is 28.7 Å². The number of carbonyl (C=O) groups excluding carboxylic acids is 1. The molecule has 0 bridgehead atoms. The Balaban J connectivity index is 1.68. The van der Waals surface area contributed by atoms with Crippen LogP contribution >= 0.6 is 0 Å². The van der Waals surface area contributed by atoms with Crippen LogP contribution in [0.5, 0.6) is 0 Å². The SMILES string of the molecule is [2H]C([2H])([2H])c1nc(-c2ccc(NC(=O)[C@@H](O)c3cc(F)cc(C(F)(F)F)c3)cc2C)c2c(N)ncc(C)n12. The number of nitrogens with two attached hydrogens (primary N) is 1. The van der Waals surface area contributed by atoms with Crippen molar-refractivity contribution < 1.29 is 31.6 Å². The Kier molecular flexibility index (Phi) is 5.04. The molecule has 11 heteroatoms. The highest BCUT2D eigenvalue weighted by Gasteiger charge is 2.32. The highest BCUT2D eigenvalue weighted by Crippen LogP contribution is 2.34. The molecule has 0 fully saturated rings. The number of nitrogens with one attached hydrogen (secondary N) is 1. The van der Waals surface area contributed by atoms with Crippen molar-refractivity contribution in [3.63, 3.8) is 0 Å². The van der Waals surface area contributed by atoms with Gasteiger partial charge < -0.3 is 16.2 Å². The van der Waals surface area contributed by atoms with Crippen LogP contribution < -0.4 is 11.1 Å². The molecule has 35 heavy (non-hydrogen) atoms. The molecule has 2 heterocycles.